The lowest BCUT2D eigenvalue weighted by atomic mass is 9.98. The minimum atomic E-state index is -2.33. The predicted octanol–water partition coefficient (Wildman–Crippen LogP) is -13.6. The third-order valence-electron chi connectivity index (χ3n) is 19.1. The third-order valence-corrected chi connectivity index (χ3v) is 20.5. The highest BCUT2D eigenvalue weighted by molar-refractivity contribution is 7.98. The second-order valence-corrected chi connectivity index (χ2v) is 31.2. The highest BCUT2D eigenvalue weighted by Gasteiger charge is 2.39. The van der Waals surface area contributed by atoms with Crippen molar-refractivity contribution >= 4 is 136 Å². The van der Waals surface area contributed by atoms with Gasteiger partial charge in [0.15, 0.2) is 30.5 Å². The number of hydrogen-bond acceptors (Lipinski definition) is 39. The molecule has 0 aliphatic rings. The highest BCUT2D eigenvalue weighted by Crippen LogP contribution is 2.17. The van der Waals surface area contributed by atoms with Gasteiger partial charge in [-0.3, -0.25) is 57.5 Å². The molecule has 11 amide bonds. The maximum atomic E-state index is 12.2. The molecule has 15 unspecified atom stereocenters. The van der Waals surface area contributed by atoms with Crippen molar-refractivity contribution in [2.75, 3.05) is 91.0 Å². The molecule has 0 aliphatic heterocycles. The van der Waals surface area contributed by atoms with Gasteiger partial charge in [-0.1, -0.05) is 41.5 Å². The van der Waals surface area contributed by atoms with Gasteiger partial charge in [0.05, 0.1) is 44.1 Å². The molecule has 0 aromatic carbocycles. The zero-order chi connectivity index (χ0) is 105. The topological polar surface area (TPSA) is 962 Å². The molecule has 778 valence electrons. The lowest BCUT2D eigenvalue weighted by Gasteiger charge is -2.25. The van der Waals surface area contributed by atoms with Crippen LogP contribution in [0.4, 0.5) is 0 Å². The number of rotatable bonds is 61. The Kier molecular flexibility index (Phi) is 75.8. The van der Waals surface area contributed by atoms with E-state index < -0.39 is 267 Å². The molecule has 0 aromatic heterocycles. The van der Waals surface area contributed by atoms with Crippen LogP contribution in [0, 0.1) is 35.5 Å². The van der Waals surface area contributed by atoms with E-state index in [1.165, 1.54) is 51.6 Å². The number of carboxylic acid groups (broad SMARTS) is 7. The summed E-state index contributed by atoms with van der Waals surface area (Å²) in [5.74, 6) is -19.0. The van der Waals surface area contributed by atoms with Crippen LogP contribution in [0.25, 0.3) is 0 Å². The summed E-state index contributed by atoms with van der Waals surface area (Å²) in [4.78, 5) is 214. The van der Waals surface area contributed by atoms with Gasteiger partial charge in [-0.15, -0.1) is 0 Å². The van der Waals surface area contributed by atoms with Crippen LogP contribution in [0.3, 0.4) is 0 Å². The van der Waals surface area contributed by atoms with Crippen molar-refractivity contribution < 1.29 is 219 Å². The molecular formula is C77H139N11O44S2. The number of aliphatic carboxylic acids is 7. The first-order chi connectivity index (χ1) is 62.2. The van der Waals surface area contributed by atoms with E-state index in [0.29, 0.717) is 32.1 Å². The predicted molar refractivity (Wildman–Crippen MR) is 465 cm³/mol. The number of aliphatic hydroxyl groups excluding tert-OH is 18. The number of nitrogens with one attached hydrogen (secondary N) is 11. The monoisotopic (exact) mass is 1990 g/mol. The molecule has 36 N–H and O–H groups in total. The minimum Gasteiger partial charge on any atom is -0.480 e. The van der Waals surface area contributed by atoms with E-state index in [4.69, 9.17) is 71.5 Å². The van der Waals surface area contributed by atoms with Gasteiger partial charge in [0.1, 0.15) is 66.7 Å². The largest absolute Gasteiger partial charge is 0.480 e. The number of carbonyl (C=O) groups is 19. The summed E-state index contributed by atoms with van der Waals surface area (Å²) in [7, 11) is 4.37. The van der Waals surface area contributed by atoms with Gasteiger partial charge in [-0.25, -0.2) is 33.6 Å². The molecule has 0 spiro atoms. The van der Waals surface area contributed by atoms with Gasteiger partial charge in [-0.2, -0.15) is 23.5 Å². The Labute approximate surface area is 778 Å². The van der Waals surface area contributed by atoms with E-state index in [0.717, 1.165) is 0 Å². The maximum absolute atomic E-state index is 12.2. The van der Waals surface area contributed by atoms with Crippen molar-refractivity contribution in [3.63, 3.8) is 0 Å². The van der Waals surface area contributed by atoms with E-state index in [9.17, 15) is 147 Å². The van der Waals surface area contributed by atoms with Crippen molar-refractivity contribution in [2.24, 2.45) is 35.5 Å². The Balaban J connectivity index is -0.000000369. The van der Waals surface area contributed by atoms with Crippen LogP contribution in [0.2, 0.25) is 0 Å². The fourth-order valence-electron chi connectivity index (χ4n) is 10.3. The standard InChI is InChI=1S/C16H28N2O10S.2C13H24N2O8.C13H22N2O7S.C12H23NO6.C10H18N2O5/c1-3-7(14(24)18-8(6-29-2)15(25)26)4-10(20)17-5-9(19)11(21)12(22)13(23)16(27)28;2*1-3-6(12(21)14-2)4-8(17)15-5-7(16)9(18)10(19)11(20)13(22)23;1-3-7(4-10(17)14-5-9(16)13(21)22)11(18)15-8(6-23-2)12(19)20;1-3-8(7(2)15)4-11(18)13-5-9(16)12(19)10(17)6-14;1-3-6(9(15)11-2)4-8(14)12-5-7(13)10(16)17/h7-9,11-13,19,21-23H,3-6H2,1-2H3,(H,17,20)(H,18,24)(H,25,26)(H,27,28);2*6-7,9-11,16,18-20H,3-5H2,1-2H3,(H,14,21)(H,15,17)(H,22,23);7-9,16H,3-6H2,1-2H3,(H,14,17)(H,15,18)(H,19,20)(H,21,22);8-10,12,14,16-17,19H,3-6H2,1-2H3,(H,13,18);6-7,13H,3-5H2,1-2H3,(H,11,15)(H,12,14)(H,16,17)/t7?,8-,9?,11?,12?,13?;6-,7-,9+,10-,11-;;;8-,9+,10-,12-;/m00..1./s1. The Bertz CT molecular complexity index is 3510. The van der Waals surface area contributed by atoms with Gasteiger partial charge in [0.25, 0.3) is 0 Å². The minimum absolute atomic E-state index is 0.0250. The molecule has 0 aromatic rings. The van der Waals surface area contributed by atoms with Crippen LogP contribution >= 0.6 is 23.5 Å². The van der Waals surface area contributed by atoms with Crippen molar-refractivity contribution in [3.8, 4) is 0 Å². The third kappa shape index (κ3) is 59.1. The number of aliphatic hydroxyl groups is 18. The van der Waals surface area contributed by atoms with Crippen molar-refractivity contribution in [1.82, 2.24) is 58.5 Å². The van der Waals surface area contributed by atoms with Gasteiger partial charge in [0.2, 0.25) is 65.0 Å². The number of ketones is 1. The van der Waals surface area contributed by atoms with Crippen LogP contribution < -0.4 is 58.5 Å². The van der Waals surface area contributed by atoms with E-state index >= 15 is 0 Å². The first kappa shape index (κ1) is 135. The average Bonchev–Trinajstić information content (AvgIpc) is 0.881. The molecule has 0 saturated heterocycles. The molecule has 55 nitrogen and oxygen atoms in total. The Morgan fingerprint density at radius 1 is 0.261 bits per heavy atom. The van der Waals surface area contributed by atoms with Gasteiger partial charge in [-0.05, 0) is 58.0 Å². The van der Waals surface area contributed by atoms with Gasteiger partial charge < -0.3 is 186 Å². The summed E-state index contributed by atoms with van der Waals surface area (Å²) < 4.78 is 0. The maximum Gasteiger partial charge on any atom is 0.335 e. The Morgan fingerprint density at radius 3 is 0.634 bits per heavy atom. The number of carbonyl (C=O) groups excluding carboxylic acids is 12. The zero-order valence-corrected chi connectivity index (χ0v) is 77.7. The van der Waals surface area contributed by atoms with Gasteiger partial charge in [0, 0.05) is 133 Å². The second kappa shape index (κ2) is 75.3. The van der Waals surface area contributed by atoms with Crippen molar-refractivity contribution in [3.05, 3.63) is 0 Å². The van der Waals surface area contributed by atoms with Crippen LogP contribution in [0.1, 0.15) is 126 Å². The molecule has 0 bridgehead atoms. The number of hydrogen-bond donors (Lipinski definition) is 36. The van der Waals surface area contributed by atoms with Crippen molar-refractivity contribution in [2.45, 2.75) is 241 Å². The summed E-state index contributed by atoms with van der Waals surface area (Å²) in [5.41, 5.74) is 0. The molecular weight excluding hydrogens is 1850 g/mol. The summed E-state index contributed by atoms with van der Waals surface area (Å²) >= 11 is 2.50. The van der Waals surface area contributed by atoms with Gasteiger partial charge >= 0.3 is 41.8 Å². The summed E-state index contributed by atoms with van der Waals surface area (Å²) in [6, 6.07) is -2.14. The highest BCUT2D eigenvalue weighted by atomic mass is 32.2. The SMILES string of the molecule is CCC(CC(=O)NCC(O)C(=O)O)C(=O)NC.CCC(CC(=O)NCC(O)C(=O)O)C(=O)NC(CSC)C(=O)O.CCC(CC(=O)NCC(O)C(O)C(O)C(O)C(=O)O)C(=O)NC.CCC(CC(=O)NCC(O)C(O)C(O)C(O)C(=O)O)C(=O)N[C@@H](CSC)C(=O)O.CC[C@@H](CC(=O)NC[C@H](O)[C@@H](O)[C@H](O)[C@H](O)C(=O)O)C(=O)NC.CC[C@H](CC(=O)NC[C@H](O)[C@@H](O)[C@H](O)CO)C(C)=O. The molecule has 0 fully saturated rings. The molecule has 0 rings (SSSR count). The quantitative estimate of drug-likeness (QED) is 0.0269. The molecule has 0 saturated carbocycles. The second-order valence-electron chi connectivity index (χ2n) is 29.4. The Morgan fingerprint density at radius 2 is 0.463 bits per heavy atom. The Hall–Kier alpha value is -9.89. The molecule has 0 radical (unpaired) electrons. The molecule has 57 heteroatoms. The number of thioether (sulfide) groups is 2. The summed E-state index contributed by atoms with van der Waals surface area (Å²) in [5, 5.41) is 254. The van der Waals surface area contributed by atoms with E-state index in [-0.39, 0.29) is 99.0 Å². The smallest absolute Gasteiger partial charge is 0.335 e. The fraction of sp³-hybridized carbons (Fsp3) is 0.753. The van der Waals surface area contributed by atoms with E-state index in [1.807, 2.05) is 0 Å². The number of amides is 11. The zero-order valence-electron chi connectivity index (χ0n) is 76.0. The molecule has 0 aliphatic carbocycles. The number of carboxylic acids is 7. The van der Waals surface area contributed by atoms with Crippen LogP contribution in [-0.4, -0.2) is 447 Å². The number of Topliss-reactive ketones (excluding diaryl/α,β-unsaturated/α-hetero) is 1. The van der Waals surface area contributed by atoms with Crippen LogP contribution in [0.5, 0.6) is 0 Å². The lowest BCUT2D eigenvalue weighted by Crippen LogP contribution is -2.51. The normalized spacial score (nSPS) is 16.4. The first-order valence-corrected chi connectivity index (χ1v) is 44.1. The molecule has 25 atom stereocenters. The average molecular weight is 1990 g/mol. The van der Waals surface area contributed by atoms with E-state index in [2.05, 4.69) is 58.5 Å². The fourth-order valence-corrected chi connectivity index (χ4v) is 11.5. The van der Waals surface area contributed by atoms with Crippen LogP contribution in [0.15, 0.2) is 0 Å². The molecule has 134 heavy (non-hydrogen) atoms. The summed E-state index contributed by atoms with van der Waals surface area (Å²) in [6.45, 7) is 8.46. The first-order valence-electron chi connectivity index (χ1n) is 41.3. The lowest BCUT2D eigenvalue weighted by molar-refractivity contribution is -0.163. The van der Waals surface area contributed by atoms with E-state index in [1.54, 1.807) is 54.1 Å². The summed E-state index contributed by atoms with van der Waals surface area (Å²) in [6.07, 6.45) is -27.1. The molecule has 0 heterocycles. The van der Waals surface area contributed by atoms with Crippen molar-refractivity contribution in [1.29, 1.82) is 0 Å². The van der Waals surface area contributed by atoms with Crippen LogP contribution in [-0.2, 0) is 91.1 Å².